The Labute approximate surface area is 178 Å². The molecule has 0 fully saturated rings. The Bertz CT molecular complexity index is 1140. The molecule has 3 aromatic carbocycles. The van der Waals surface area contributed by atoms with Gasteiger partial charge in [0.05, 0.1) is 10.6 Å². The van der Waals surface area contributed by atoms with Crippen molar-refractivity contribution in [3.05, 3.63) is 89.5 Å². The van der Waals surface area contributed by atoms with Crippen LogP contribution in [0.5, 0.6) is 0 Å². The van der Waals surface area contributed by atoms with Crippen molar-refractivity contribution in [2.45, 2.75) is 31.6 Å². The van der Waals surface area contributed by atoms with Gasteiger partial charge in [0.2, 0.25) is 0 Å². The summed E-state index contributed by atoms with van der Waals surface area (Å²) >= 11 is 0. The van der Waals surface area contributed by atoms with Crippen LogP contribution >= 0.6 is 0 Å². The Balaban J connectivity index is 1.80. The van der Waals surface area contributed by atoms with Gasteiger partial charge in [0.15, 0.2) is 0 Å². The number of hydrogen-bond acceptors (Lipinski definition) is 3. The molecule has 5 nitrogen and oxygen atoms in total. The zero-order chi connectivity index (χ0) is 21.9. The number of nitrogens with one attached hydrogen (secondary N) is 1. The molecular weight excluding hydrogens is 396 g/mol. The maximum atomic E-state index is 12.9. The van der Waals surface area contributed by atoms with Gasteiger partial charge < -0.3 is 5.32 Å². The fraction of sp³-hybridized carbons (Fsp3) is 0.208. The van der Waals surface area contributed by atoms with Crippen molar-refractivity contribution < 1.29 is 13.2 Å². The van der Waals surface area contributed by atoms with Gasteiger partial charge in [-0.15, -0.1) is 0 Å². The lowest BCUT2D eigenvalue weighted by Gasteiger charge is -2.22. The van der Waals surface area contributed by atoms with Crippen molar-refractivity contribution >= 4 is 27.3 Å². The van der Waals surface area contributed by atoms with Crippen molar-refractivity contribution in [1.29, 1.82) is 0 Å². The van der Waals surface area contributed by atoms with E-state index in [1.165, 1.54) is 16.9 Å². The number of carbonyl (C=O) groups excluding carboxylic acids is 1. The number of carbonyl (C=O) groups is 1. The molecule has 0 aliphatic rings. The van der Waals surface area contributed by atoms with E-state index in [4.69, 9.17) is 0 Å². The zero-order valence-corrected chi connectivity index (χ0v) is 18.4. The van der Waals surface area contributed by atoms with E-state index in [0.717, 1.165) is 5.69 Å². The summed E-state index contributed by atoms with van der Waals surface area (Å²) in [4.78, 5) is 12.9. The Morgan fingerprint density at radius 3 is 2.13 bits per heavy atom. The molecule has 0 atom stereocenters. The lowest BCUT2D eigenvalue weighted by atomic mass is 10.0. The van der Waals surface area contributed by atoms with Crippen molar-refractivity contribution in [2.75, 3.05) is 16.7 Å². The van der Waals surface area contributed by atoms with Crippen LogP contribution in [0.15, 0.2) is 77.7 Å². The van der Waals surface area contributed by atoms with Crippen LogP contribution in [-0.4, -0.2) is 21.4 Å². The molecule has 3 rings (SSSR count). The average Bonchev–Trinajstić information content (AvgIpc) is 2.74. The molecule has 1 N–H and O–H groups in total. The fourth-order valence-electron chi connectivity index (χ4n) is 3.18. The molecule has 1 amide bonds. The SMILES string of the molecule is Cc1cc(C(=O)Nc2ccc(C(C)C)cc2)ccc1N(C)S(=O)(=O)c1ccccc1. The first-order valence-corrected chi connectivity index (χ1v) is 11.2. The standard InChI is InChI=1S/C24H26N2O3S/c1-17(2)19-10-13-21(14-11-19)25-24(27)20-12-15-23(18(3)16-20)26(4)30(28,29)22-8-6-5-7-9-22/h5-17H,1-4H3,(H,25,27). The summed E-state index contributed by atoms with van der Waals surface area (Å²) in [6.45, 7) is 6.03. The van der Waals surface area contributed by atoms with Gasteiger partial charge in [-0.2, -0.15) is 0 Å². The number of sulfonamides is 1. The molecule has 156 valence electrons. The summed E-state index contributed by atoms with van der Waals surface area (Å²) in [7, 11) is -2.16. The second kappa shape index (κ2) is 8.71. The maximum absolute atomic E-state index is 12.9. The number of rotatable bonds is 6. The fourth-order valence-corrected chi connectivity index (χ4v) is 4.47. The molecule has 3 aromatic rings. The summed E-state index contributed by atoms with van der Waals surface area (Å²) in [6.07, 6.45) is 0. The van der Waals surface area contributed by atoms with E-state index in [9.17, 15) is 13.2 Å². The lowest BCUT2D eigenvalue weighted by Crippen LogP contribution is -2.27. The Morgan fingerprint density at radius 1 is 0.933 bits per heavy atom. The van der Waals surface area contributed by atoms with Crippen LogP contribution in [-0.2, 0) is 10.0 Å². The first-order valence-electron chi connectivity index (χ1n) is 9.76. The molecular formula is C24H26N2O3S. The molecule has 0 spiro atoms. The minimum absolute atomic E-state index is 0.221. The topological polar surface area (TPSA) is 66.5 Å². The number of aryl methyl sites for hydroxylation is 1. The third-order valence-electron chi connectivity index (χ3n) is 5.04. The van der Waals surface area contributed by atoms with E-state index in [1.807, 2.05) is 24.3 Å². The first-order chi connectivity index (χ1) is 14.2. The molecule has 0 heterocycles. The minimum Gasteiger partial charge on any atom is -0.322 e. The average molecular weight is 423 g/mol. The molecule has 0 aromatic heterocycles. The predicted octanol–water partition coefficient (Wildman–Crippen LogP) is 5.20. The van der Waals surface area contributed by atoms with Crippen LogP contribution in [0.1, 0.15) is 41.3 Å². The third kappa shape index (κ3) is 4.54. The molecule has 0 saturated carbocycles. The zero-order valence-electron chi connectivity index (χ0n) is 17.6. The molecule has 0 bridgehead atoms. The summed E-state index contributed by atoms with van der Waals surface area (Å²) in [5.74, 6) is 0.185. The van der Waals surface area contributed by atoms with Crippen molar-refractivity contribution in [1.82, 2.24) is 0 Å². The van der Waals surface area contributed by atoms with Gasteiger partial charge in [0, 0.05) is 18.3 Å². The highest BCUT2D eigenvalue weighted by Crippen LogP contribution is 2.26. The molecule has 30 heavy (non-hydrogen) atoms. The molecule has 0 radical (unpaired) electrons. The van der Waals surface area contributed by atoms with Gasteiger partial charge >= 0.3 is 0 Å². The summed E-state index contributed by atoms with van der Waals surface area (Å²) in [6, 6.07) is 21.0. The van der Waals surface area contributed by atoms with Crippen LogP contribution in [0, 0.1) is 6.92 Å². The minimum atomic E-state index is -3.67. The van der Waals surface area contributed by atoms with Crippen molar-refractivity contribution in [2.24, 2.45) is 0 Å². The van der Waals surface area contributed by atoms with Gasteiger partial charge in [0.1, 0.15) is 0 Å². The number of nitrogens with zero attached hydrogens (tertiary/aromatic N) is 1. The number of benzene rings is 3. The first kappa shape index (κ1) is 21.6. The summed E-state index contributed by atoms with van der Waals surface area (Å²) in [5, 5.41) is 2.89. The van der Waals surface area contributed by atoms with E-state index in [-0.39, 0.29) is 10.8 Å². The highest BCUT2D eigenvalue weighted by atomic mass is 32.2. The number of anilines is 2. The molecule has 0 unspecified atom stereocenters. The van der Waals surface area contributed by atoms with E-state index in [2.05, 4.69) is 19.2 Å². The molecule has 0 aliphatic carbocycles. The number of amides is 1. The van der Waals surface area contributed by atoms with Gasteiger partial charge in [-0.1, -0.05) is 44.2 Å². The third-order valence-corrected chi connectivity index (χ3v) is 6.82. The van der Waals surface area contributed by atoms with Crippen LogP contribution in [0.2, 0.25) is 0 Å². The Hall–Kier alpha value is -3.12. The smallest absolute Gasteiger partial charge is 0.264 e. The molecule has 0 saturated heterocycles. The van der Waals surface area contributed by atoms with E-state index in [0.29, 0.717) is 22.7 Å². The van der Waals surface area contributed by atoms with Crippen molar-refractivity contribution in [3.63, 3.8) is 0 Å². The van der Waals surface area contributed by atoms with Gasteiger partial charge in [0.25, 0.3) is 15.9 Å². The highest BCUT2D eigenvalue weighted by molar-refractivity contribution is 7.92. The van der Waals surface area contributed by atoms with E-state index in [1.54, 1.807) is 55.5 Å². The summed E-state index contributed by atoms with van der Waals surface area (Å²) < 4.78 is 27.0. The quantitative estimate of drug-likeness (QED) is 0.594. The second-order valence-electron chi connectivity index (χ2n) is 7.52. The van der Waals surface area contributed by atoms with Crippen LogP contribution in [0.3, 0.4) is 0 Å². The van der Waals surface area contributed by atoms with E-state index < -0.39 is 10.0 Å². The van der Waals surface area contributed by atoms with Gasteiger partial charge in [-0.05, 0) is 66.4 Å². The normalized spacial score (nSPS) is 11.4. The van der Waals surface area contributed by atoms with Crippen molar-refractivity contribution in [3.8, 4) is 0 Å². The monoisotopic (exact) mass is 422 g/mol. The molecule has 6 heteroatoms. The largest absolute Gasteiger partial charge is 0.322 e. The Kier molecular flexibility index (Phi) is 6.27. The van der Waals surface area contributed by atoms with Crippen LogP contribution in [0.25, 0.3) is 0 Å². The predicted molar refractivity (Wildman–Crippen MR) is 122 cm³/mol. The molecule has 0 aliphatic heterocycles. The van der Waals surface area contributed by atoms with E-state index >= 15 is 0 Å². The summed E-state index contributed by atoms with van der Waals surface area (Å²) in [5.41, 5.74) is 3.61. The van der Waals surface area contributed by atoms with Crippen LogP contribution < -0.4 is 9.62 Å². The second-order valence-corrected chi connectivity index (χ2v) is 9.49. The Morgan fingerprint density at radius 2 is 1.57 bits per heavy atom. The highest BCUT2D eigenvalue weighted by Gasteiger charge is 2.22. The lowest BCUT2D eigenvalue weighted by molar-refractivity contribution is 0.102. The van der Waals surface area contributed by atoms with Crippen LogP contribution in [0.4, 0.5) is 11.4 Å². The van der Waals surface area contributed by atoms with Gasteiger partial charge in [-0.25, -0.2) is 8.42 Å². The maximum Gasteiger partial charge on any atom is 0.264 e. The van der Waals surface area contributed by atoms with Gasteiger partial charge in [-0.3, -0.25) is 9.10 Å². The number of hydrogen-bond donors (Lipinski definition) is 1.